The van der Waals surface area contributed by atoms with Crippen LogP contribution in [0.15, 0.2) is 18.5 Å². The van der Waals surface area contributed by atoms with E-state index in [-0.39, 0.29) is 11.9 Å². The molecular formula is C11H13FN4S. The van der Waals surface area contributed by atoms with Gasteiger partial charge in [0, 0.05) is 12.2 Å². The van der Waals surface area contributed by atoms with E-state index in [1.807, 2.05) is 13.8 Å². The first-order valence-corrected chi connectivity index (χ1v) is 6.09. The van der Waals surface area contributed by atoms with Crippen LogP contribution in [0.25, 0.3) is 0 Å². The molecule has 1 unspecified atom stereocenters. The fraction of sp³-hybridized carbons (Fsp3) is 0.364. The molecule has 90 valence electrons. The first-order valence-electron chi connectivity index (χ1n) is 5.28. The molecule has 0 amide bonds. The highest BCUT2D eigenvalue weighted by Gasteiger charge is 2.08. The predicted molar refractivity (Wildman–Crippen MR) is 64.1 cm³/mol. The zero-order valence-corrected chi connectivity index (χ0v) is 10.5. The summed E-state index contributed by atoms with van der Waals surface area (Å²) >= 11 is 1.55. The van der Waals surface area contributed by atoms with Crippen molar-refractivity contribution in [1.82, 2.24) is 20.5 Å². The molecule has 0 saturated heterocycles. The molecule has 6 heteroatoms. The van der Waals surface area contributed by atoms with E-state index in [1.54, 1.807) is 17.5 Å². The Balaban J connectivity index is 1.95. The molecule has 1 atom stereocenters. The molecule has 17 heavy (non-hydrogen) atoms. The van der Waals surface area contributed by atoms with Crippen LogP contribution in [0.2, 0.25) is 0 Å². The van der Waals surface area contributed by atoms with Gasteiger partial charge in [0.05, 0.1) is 12.7 Å². The number of nitrogens with one attached hydrogen (secondary N) is 1. The lowest BCUT2D eigenvalue weighted by molar-refractivity contribution is 0.558. The highest BCUT2D eigenvalue weighted by molar-refractivity contribution is 7.11. The van der Waals surface area contributed by atoms with Crippen molar-refractivity contribution < 1.29 is 4.39 Å². The number of hydrogen-bond donors (Lipinski definition) is 1. The second-order valence-electron chi connectivity index (χ2n) is 3.75. The number of aromatic nitrogens is 3. The van der Waals surface area contributed by atoms with Gasteiger partial charge in [-0.05, 0) is 25.5 Å². The molecule has 0 aliphatic carbocycles. The molecule has 0 aliphatic rings. The van der Waals surface area contributed by atoms with Gasteiger partial charge < -0.3 is 5.32 Å². The summed E-state index contributed by atoms with van der Waals surface area (Å²) in [4.78, 5) is 3.82. The summed E-state index contributed by atoms with van der Waals surface area (Å²) in [6.07, 6.45) is 2.86. The van der Waals surface area contributed by atoms with E-state index >= 15 is 0 Å². The number of nitrogens with zero attached hydrogens (tertiary/aromatic N) is 3. The number of aryl methyl sites for hydroxylation is 1. The zero-order valence-electron chi connectivity index (χ0n) is 9.64. The number of hydrogen-bond acceptors (Lipinski definition) is 5. The summed E-state index contributed by atoms with van der Waals surface area (Å²) in [6.45, 7) is 4.51. The van der Waals surface area contributed by atoms with Crippen LogP contribution < -0.4 is 5.32 Å². The second kappa shape index (κ2) is 5.29. The Hall–Kier alpha value is -1.40. The number of pyridine rings is 1. The second-order valence-corrected chi connectivity index (χ2v) is 5.02. The molecule has 0 spiro atoms. The summed E-state index contributed by atoms with van der Waals surface area (Å²) < 4.78 is 13.0. The van der Waals surface area contributed by atoms with Crippen LogP contribution >= 0.6 is 11.3 Å². The molecule has 0 saturated carbocycles. The summed E-state index contributed by atoms with van der Waals surface area (Å²) in [7, 11) is 0. The molecule has 0 fully saturated rings. The Labute approximate surface area is 103 Å². The molecule has 2 aromatic rings. The fourth-order valence-electron chi connectivity index (χ4n) is 1.43. The topological polar surface area (TPSA) is 50.7 Å². The summed E-state index contributed by atoms with van der Waals surface area (Å²) in [6, 6.07) is 1.51. The van der Waals surface area contributed by atoms with Gasteiger partial charge in [-0.25, -0.2) is 4.39 Å². The van der Waals surface area contributed by atoms with Gasteiger partial charge in [0.15, 0.2) is 0 Å². The summed E-state index contributed by atoms with van der Waals surface area (Å²) in [5, 5.41) is 13.1. The maximum atomic E-state index is 13.0. The number of rotatable bonds is 4. The van der Waals surface area contributed by atoms with Crippen LogP contribution in [0, 0.1) is 12.7 Å². The maximum Gasteiger partial charge on any atom is 0.141 e. The van der Waals surface area contributed by atoms with Crippen molar-refractivity contribution >= 4 is 11.3 Å². The Kier molecular flexibility index (Phi) is 3.75. The van der Waals surface area contributed by atoms with E-state index in [2.05, 4.69) is 20.5 Å². The minimum Gasteiger partial charge on any atom is -0.304 e. The third kappa shape index (κ3) is 3.28. The van der Waals surface area contributed by atoms with Crippen molar-refractivity contribution in [3.63, 3.8) is 0 Å². The lowest BCUT2D eigenvalue weighted by Gasteiger charge is -2.12. The normalized spacial score (nSPS) is 12.6. The molecule has 0 radical (unpaired) electrons. The minimum atomic E-state index is -0.317. The molecule has 2 aromatic heterocycles. The van der Waals surface area contributed by atoms with Gasteiger partial charge in [0.1, 0.15) is 15.8 Å². The van der Waals surface area contributed by atoms with E-state index in [4.69, 9.17) is 0 Å². The Morgan fingerprint density at radius 3 is 2.88 bits per heavy atom. The highest BCUT2D eigenvalue weighted by Crippen LogP contribution is 2.14. The van der Waals surface area contributed by atoms with E-state index in [0.29, 0.717) is 6.54 Å². The van der Waals surface area contributed by atoms with Gasteiger partial charge in [-0.15, -0.1) is 21.5 Å². The number of halogens is 1. The molecule has 2 rings (SSSR count). The quantitative estimate of drug-likeness (QED) is 0.906. The first kappa shape index (κ1) is 12.1. The van der Waals surface area contributed by atoms with Crippen LogP contribution in [0.3, 0.4) is 0 Å². The molecule has 2 heterocycles. The van der Waals surface area contributed by atoms with Crippen molar-refractivity contribution in [3.8, 4) is 0 Å². The van der Waals surface area contributed by atoms with Crippen molar-refractivity contribution in [2.24, 2.45) is 0 Å². The lowest BCUT2D eigenvalue weighted by Crippen LogP contribution is -2.18. The van der Waals surface area contributed by atoms with Gasteiger partial charge in [-0.2, -0.15) is 0 Å². The monoisotopic (exact) mass is 252 g/mol. The lowest BCUT2D eigenvalue weighted by atomic mass is 10.1. The predicted octanol–water partition coefficient (Wildman–Crippen LogP) is 2.23. The highest BCUT2D eigenvalue weighted by atomic mass is 32.1. The zero-order chi connectivity index (χ0) is 12.3. The average molecular weight is 252 g/mol. The molecule has 0 bridgehead atoms. The molecular weight excluding hydrogens is 239 g/mol. The van der Waals surface area contributed by atoms with E-state index in [0.717, 1.165) is 15.6 Å². The van der Waals surface area contributed by atoms with Crippen molar-refractivity contribution in [2.45, 2.75) is 26.4 Å². The first-order chi connectivity index (χ1) is 8.15. The Bertz CT molecular complexity index is 500. The third-order valence-electron chi connectivity index (χ3n) is 2.35. The van der Waals surface area contributed by atoms with Gasteiger partial charge >= 0.3 is 0 Å². The molecule has 0 aliphatic heterocycles. The van der Waals surface area contributed by atoms with Gasteiger partial charge in [-0.1, -0.05) is 0 Å². The SMILES string of the molecule is Cc1nnc(CNC(C)c2cncc(F)c2)s1. The van der Waals surface area contributed by atoms with Gasteiger partial charge in [-0.3, -0.25) is 4.98 Å². The third-order valence-corrected chi connectivity index (χ3v) is 3.19. The van der Waals surface area contributed by atoms with Crippen LogP contribution in [0.1, 0.15) is 28.5 Å². The average Bonchev–Trinajstić information content (AvgIpc) is 2.72. The van der Waals surface area contributed by atoms with Crippen LogP contribution in [0.4, 0.5) is 4.39 Å². The molecule has 1 N–H and O–H groups in total. The Morgan fingerprint density at radius 2 is 2.24 bits per heavy atom. The largest absolute Gasteiger partial charge is 0.304 e. The van der Waals surface area contributed by atoms with E-state index in [1.165, 1.54) is 12.3 Å². The van der Waals surface area contributed by atoms with E-state index < -0.39 is 0 Å². The van der Waals surface area contributed by atoms with Crippen molar-refractivity contribution in [1.29, 1.82) is 0 Å². The summed E-state index contributed by atoms with van der Waals surface area (Å²) in [5.41, 5.74) is 0.825. The van der Waals surface area contributed by atoms with Crippen LogP contribution in [-0.4, -0.2) is 15.2 Å². The Morgan fingerprint density at radius 1 is 1.41 bits per heavy atom. The van der Waals surface area contributed by atoms with Crippen molar-refractivity contribution in [3.05, 3.63) is 39.9 Å². The van der Waals surface area contributed by atoms with Gasteiger partial charge in [0.25, 0.3) is 0 Å². The summed E-state index contributed by atoms with van der Waals surface area (Å²) in [5.74, 6) is -0.317. The molecule has 4 nitrogen and oxygen atoms in total. The van der Waals surface area contributed by atoms with Gasteiger partial charge in [0.2, 0.25) is 0 Å². The standard InChI is InChI=1S/C11H13FN4S/c1-7(9-3-10(12)5-13-4-9)14-6-11-16-15-8(2)17-11/h3-5,7,14H,6H2,1-2H3. The van der Waals surface area contributed by atoms with E-state index in [9.17, 15) is 4.39 Å². The van der Waals surface area contributed by atoms with Crippen molar-refractivity contribution in [2.75, 3.05) is 0 Å². The fourth-order valence-corrected chi connectivity index (χ4v) is 2.09. The minimum absolute atomic E-state index is 0.0300. The van der Waals surface area contributed by atoms with Crippen LogP contribution in [-0.2, 0) is 6.54 Å². The van der Waals surface area contributed by atoms with Crippen LogP contribution in [0.5, 0.6) is 0 Å². The maximum absolute atomic E-state index is 13.0. The molecule has 0 aromatic carbocycles. The smallest absolute Gasteiger partial charge is 0.141 e.